The third-order valence-electron chi connectivity index (χ3n) is 5.61. The second-order valence-corrected chi connectivity index (χ2v) is 8.07. The number of rotatable bonds is 4. The Bertz CT molecular complexity index is 1020. The van der Waals surface area contributed by atoms with E-state index >= 15 is 0 Å². The number of benzene rings is 2. The zero-order valence-corrected chi connectivity index (χ0v) is 17.3. The van der Waals surface area contributed by atoms with Gasteiger partial charge in [0.05, 0.1) is 5.56 Å². The summed E-state index contributed by atoms with van der Waals surface area (Å²) in [5.41, 5.74) is 5.48. The molecule has 1 saturated carbocycles. The van der Waals surface area contributed by atoms with Crippen molar-refractivity contribution in [3.63, 3.8) is 0 Å². The van der Waals surface area contributed by atoms with Gasteiger partial charge in [-0.15, -0.1) is 0 Å². The van der Waals surface area contributed by atoms with Crippen LogP contribution < -0.4 is 21.5 Å². The van der Waals surface area contributed by atoms with Crippen LogP contribution in [0.2, 0.25) is 0 Å². The van der Waals surface area contributed by atoms with Gasteiger partial charge in [-0.2, -0.15) is 13.2 Å². The molecule has 1 aliphatic carbocycles. The highest BCUT2D eigenvalue weighted by Crippen LogP contribution is 2.29. The van der Waals surface area contributed by atoms with Gasteiger partial charge in [0.2, 0.25) is 0 Å². The standard InChI is InChI=1S/C22H22F5N5O/c23-15-8-13(9-16(24)10-15)18-11-19(32-31-18)29-21(28-17-2-1-3-17)30-20(33)12-4-6-14(7-5-12)22(25,26)27/h4-10,17-19,31-32H,1-3,11H2,(H2,28,29,30,33). The normalized spacial score (nSPS) is 21.5. The van der Waals surface area contributed by atoms with Crippen LogP contribution in [0.1, 0.15) is 53.2 Å². The first-order chi connectivity index (χ1) is 15.7. The fourth-order valence-electron chi connectivity index (χ4n) is 3.62. The van der Waals surface area contributed by atoms with Crippen LogP contribution in [-0.4, -0.2) is 24.1 Å². The second-order valence-electron chi connectivity index (χ2n) is 8.07. The molecule has 6 nitrogen and oxygen atoms in total. The number of amides is 1. The summed E-state index contributed by atoms with van der Waals surface area (Å²) in [5.74, 6) is -1.80. The Morgan fingerprint density at radius 3 is 2.24 bits per heavy atom. The van der Waals surface area contributed by atoms with Crippen LogP contribution in [0.15, 0.2) is 47.5 Å². The Labute approximate surface area is 186 Å². The first-order valence-corrected chi connectivity index (χ1v) is 10.5. The molecule has 1 saturated heterocycles. The lowest BCUT2D eigenvalue weighted by Gasteiger charge is -2.28. The minimum Gasteiger partial charge on any atom is -0.353 e. The highest BCUT2D eigenvalue weighted by molar-refractivity contribution is 6.05. The predicted molar refractivity (Wildman–Crippen MR) is 111 cm³/mol. The first kappa shape index (κ1) is 23.1. The molecule has 2 aromatic rings. The summed E-state index contributed by atoms with van der Waals surface area (Å²) in [5, 5.41) is 5.76. The number of alkyl halides is 3. The predicted octanol–water partition coefficient (Wildman–Crippen LogP) is 3.78. The quantitative estimate of drug-likeness (QED) is 0.314. The molecular formula is C22H22F5N5O. The zero-order valence-electron chi connectivity index (χ0n) is 17.3. The van der Waals surface area contributed by atoms with E-state index in [1.807, 2.05) is 0 Å². The molecule has 11 heteroatoms. The highest BCUT2D eigenvalue weighted by atomic mass is 19.4. The van der Waals surface area contributed by atoms with Crippen molar-refractivity contribution in [2.24, 2.45) is 4.99 Å². The summed E-state index contributed by atoms with van der Waals surface area (Å²) < 4.78 is 65.4. The molecule has 2 atom stereocenters. The monoisotopic (exact) mass is 467 g/mol. The molecule has 2 fully saturated rings. The van der Waals surface area contributed by atoms with E-state index in [9.17, 15) is 26.7 Å². The van der Waals surface area contributed by atoms with Gasteiger partial charge >= 0.3 is 6.18 Å². The molecular weight excluding hydrogens is 445 g/mol. The number of hydrogen-bond acceptors (Lipinski definition) is 4. The number of carbonyl (C=O) groups is 1. The lowest BCUT2D eigenvalue weighted by atomic mass is 9.93. The molecule has 0 aromatic heterocycles. The SMILES string of the molecule is O=C(NC(=NC1CC(c2cc(F)cc(F)c2)NN1)NC1CCC1)c1ccc(C(F)(F)F)cc1. The highest BCUT2D eigenvalue weighted by Gasteiger charge is 2.31. The van der Waals surface area contributed by atoms with Crippen LogP contribution in [0, 0.1) is 11.6 Å². The number of halogens is 5. The molecule has 4 rings (SSSR count). The van der Waals surface area contributed by atoms with E-state index in [1.165, 1.54) is 12.1 Å². The van der Waals surface area contributed by atoms with Gasteiger partial charge in [0.1, 0.15) is 17.8 Å². The van der Waals surface area contributed by atoms with Gasteiger partial charge in [0.25, 0.3) is 5.91 Å². The first-order valence-electron chi connectivity index (χ1n) is 10.5. The molecule has 0 spiro atoms. The number of aliphatic imine (C=N–C) groups is 1. The number of guanidine groups is 1. The Balaban J connectivity index is 1.46. The third-order valence-corrected chi connectivity index (χ3v) is 5.61. The molecule has 2 unspecified atom stereocenters. The molecule has 2 aliphatic rings. The number of nitrogens with one attached hydrogen (secondary N) is 4. The molecule has 33 heavy (non-hydrogen) atoms. The average Bonchev–Trinajstić information content (AvgIpc) is 3.18. The minimum absolute atomic E-state index is 0.0525. The molecule has 1 amide bonds. The zero-order chi connectivity index (χ0) is 23.6. The summed E-state index contributed by atoms with van der Waals surface area (Å²) in [6.45, 7) is 0. The summed E-state index contributed by atoms with van der Waals surface area (Å²) in [6, 6.07) is 6.86. The summed E-state index contributed by atoms with van der Waals surface area (Å²) >= 11 is 0. The van der Waals surface area contributed by atoms with Gasteiger partial charge in [-0.05, 0) is 61.2 Å². The van der Waals surface area contributed by atoms with Crippen molar-refractivity contribution in [2.45, 2.75) is 50.1 Å². The van der Waals surface area contributed by atoms with Gasteiger partial charge in [-0.1, -0.05) is 0 Å². The molecule has 1 aliphatic heterocycles. The molecule has 1 heterocycles. The van der Waals surface area contributed by atoms with E-state index in [0.29, 0.717) is 12.0 Å². The van der Waals surface area contributed by atoms with Crippen LogP contribution in [0.25, 0.3) is 0 Å². The van der Waals surface area contributed by atoms with Crippen molar-refractivity contribution in [1.82, 2.24) is 21.5 Å². The maximum atomic E-state index is 13.5. The lowest BCUT2D eigenvalue weighted by Crippen LogP contribution is -2.49. The van der Waals surface area contributed by atoms with Crippen molar-refractivity contribution < 1.29 is 26.7 Å². The van der Waals surface area contributed by atoms with E-state index < -0.39 is 41.5 Å². The molecule has 0 radical (unpaired) electrons. The average molecular weight is 467 g/mol. The van der Waals surface area contributed by atoms with Crippen LogP contribution in [0.5, 0.6) is 0 Å². The molecule has 4 N–H and O–H groups in total. The Hall–Kier alpha value is -3.05. The van der Waals surface area contributed by atoms with Crippen molar-refractivity contribution in [3.05, 3.63) is 70.8 Å². The van der Waals surface area contributed by atoms with Crippen LogP contribution in [0.4, 0.5) is 22.0 Å². The van der Waals surface area contributed by atoms with E-state index in [1.54, 1.807) is 0 Å². The van der Waals surface area contributed by atoms with E-state index in [-0.39, 0.29) is 17.6 Å². The van der Waals surface area contributed by atoms with Gasteiger partial charge in [0, 0.05) is 30.1 Å². The Morgan fingerprint density at radius 1 is 1.00 bits per heavy atom. The Morgan fingerprint density at radius 2 is 1.67 bits per heavy atom. The maximum Gasteiger partial charge on any atom is 0.416 e. The Kier molecular flexibility index (Phi) is 6.61. The molecule has 176 valence electrons. The molecule has 2 aromatic carbocycles. The third kappa shape index (κ3) is 5.85. The number of hydrazine groups is 1. The molecule has 0 bridgehead atoms. The number of hydrogen-bond donors (Lipinski definition) is 4. The minimum atomic E-state index is -4.49. The van der Waals surface area contributed by atoms with Crippen molar-refractivity contribution in [3.8, 4) is 0 Å². The van der Waals surface area contributed by atoms with Crippen molar-refractivity contribution >= 4 is 11.9 Å². The van der Waals surface area contributed by atoms with E-state index in [4.69, 9.17) is 0 Å². The van der Waals surface area contributed by atoms with E-state index in [2.05, 4.69) is 26.5 Å². The van der Waals surface area contributed by atoms with Crippen molar-refractivity contribution in [2.75, 3.05) is 0 Å². The fraction of sp³-hybridized carbons (Fsp3) is 0.364. The van der Waals surface area contributed by atoms with E-state index in [0.717, 1.165) is 49.6 Å². The smallest absolute Gasteiger partial charge is 0.353 e. The van der Waals surface area contributed by atoms with Gasteiger partial charge in [-0.3, -0.25) is 10.1 Å². The lowest BCUT2D eigenvalue weighted by molar-refractivity contribution is -0.137. The van der Waals surface area contributed by atoms with Crippen molar-refractivity contribution in [1.29, 1.82) is 0 Å². The summed E-state index contributed by atoms with van der Waals surface area (Å²) in [4.78, 5) is 17.1. The fourth-order valence-corrected chi connectivity index (χ4v) is 3.62. The summed E-state index contributed by atoms with van der Waals surface area (Å²) in [7, 11) is 0. The van der Waals surface area contributed by atoms with Gasteiger partial charge in [0.15, 0.2) is 5.96 Å². The van der Waals surface area contributed by atoms with Crippen LogP contribution in [-0.2, 0) is 6.18 Å². The van der Waals surface area contributed by atoms with Crippen LogP contribution in [0.3, 0.4) is 0 Å². The second kappa shape index (κ2) is 9.44. The number of carbonyl (C=O) groups excluding carboxylic acids is 1. The summed E-state index contributed by atoms with van der Waals surface area (Å²) in [6.07, 6.45) is -1.82. The number of nitrogens with zero attached hydrogens (tertiary/aromatic N) is 1. The van der Waals surface area contributed by atoms with Gasteiger partial charge in [-0.25, -0.2) is 24.6 Å². The van der Waals surface area contributed by atoms with Gasteiger partial charge < -0.3 is 5.32 Å². The van der Waals surface area contributed by atoms with Crippen LogP contribution >= 0.6 is 0 Å². The topological polar surface area (TPSA) is 77.5 Å². The maximum absolute atomic E-state index is 13.5. The largest absolute Gasteiger partial charge is 0.416 e.